The number of rotatable bonds is 3. The van der Waals surface area contributed by atoms with E-state index in [1.807, 2.05) is 0 Å². The van der Waals surface area contributed by atoms with Crippen LogP contribution in [0.5, 0.6) is 5.75 Å². The molecule has 0 radical (unpaired) electrons. The summed E-state index contributed by atoms with van der Waals surface area (Å²) in [6, 6.07) is 0. The number of pyridine rings is 1. The van der Waals surface area contributed by atoms with E-state index < -0.39 is 40.7 Å². The normalized spacial score (nSPS) is 11.7. The first-order valence-corrected chi connectivity index (χ1v) is 4.00. The highest BCUT2D eigenvalue weighted by molar-refractivity contribution is 5.50. The number of hydrogen-bond acceptors (Lipinski definition) is 4. The zero-order valence-electron chi connectivity index (χ0n) is 8.04. The fourth-order valence-corrected chi connectivity index (χ4v) is 1.02. The molecular formula is C7H2F6N2O3. The molecular weight excluding hydrogens is 274 g/mol. The van der Waals surface area contributed by atoms with Crippen LogP contribution >= 0.6 is 0 Å². The minimum Gasteiger partial charge on any atom is -0.396 e. The molecule has 0 bridgehead atoms. The molecule has 100 valence electrons. The average molecular weight is 276 g/mol. The van der Waals surface area contributed by atoms with Crippen molar-refractivity contribution in [2.24, 2.45) is 0 Å². The lowest BCUT2D eigenvalue weighted by molar-refractivity contribution is -0.391. The summed E-state index contributed by atoms with van der Waals surface area (Å²) >= 11 is 0. The molecule has 0 saturated carbocycles. The number of nitrogens with zero attached hydrogens (tertiary/aromatic N) is 2. The second kappa shape index (κ2) is 4.66. The van der Waals surface area contributed by atoms with E-state index in [-0.39, 0.29) is 6.20 Å². The van der Waals surface area contributed by atoms with Gasteiger partial charge in [0.1, 0.15) is 0 Å². The molecule has 1 aromatic rings. The molecule has 0 fully saturated rings. The Balaban J connectivity index is 3.48. The first-order chi connectivity index (χ1) is 8.13. The molecule has 0 N–H and O–H groups in total. The molecule has 0 aliphatic heterocycles. The van der Waals surface area contributed by atoms with Gasteiger partial charge in [0, 0.05) is 0 Å². The van der Waals surface area contributed by atoms with Crippen molar-refractivity contribution >= 4 is 5.69 Å². The molecule has 1 rings (SSSR count). The molecule has 18 heavy (non-hydrogen) atoms. The highest BCUT2D eigenvalue weighted by atomic mass is 19.4. The average Bonchev–Trinajstić information content (AvgIpc) is 2.13. The second-order valence-electron chi connectivity index (χ2n) is 2.77. The van der Waals surface area contributed by atoms with Crippen molar-refractivity contribution in [1.29, 1.82) is 0 Å². The topological polar surface area (TPSA) is 65.3 Å². The van der Waals surface area contributed by atoms with E-state index in [9.17, 15) is 36.5 Å². The third-order valence-corrected chi connectivity index (χ3v) is 1.60. The van der Waals surface area contributed by atoms with Crippen molar-refractivity contribution in [3.63, 3.8) is 0 Å². The lowest BCUT2D eigenvalue weighted by atomic mass is 10.3. The van der Waals surface area contributed by atoms with Crippen molar-refractivity contribution in [3.05, 3.63) is 27.8 Å². The fourth-order valence-electron chi connectivity index (χ4n) is 1.02. The smallest absolute Gasteiger partial charge is 0.396 e. The van der Waals surface area contributed by atoms with Crippen LogP contribution in [-0.2, 0) is 0 Å². The van der Waals surface area contributed by atoms with E-state index >= 15 is 0 Å². The third-order valence-electron chi connectivity index (χ3n) is 1.60. The summed E-state index contributed by atoms with van der Waals surface area (Å²) in [5.41, 5.74) is -3.52. The molecule has 0 aliphatic carbocycles. The maximum absolute atomic E-state index is 12.9. The van der Waals surface area contributed by atoms with Crippen LogP contribution < -0.4 is 4.74 Å². The number of ether oxygens (including phenoxy) is 1. The van der Waals surface area contributed by atoms with E-state index in [1.54, 1.807) is 0 Å². The van der Waals surface area contributed by atoms with Crippen LogP contribution in [0.15, 0.2) is 6.20 Å². The number of hydrogen-bond donors (Lipinski definition) is 0. The van der Waals surface area contributed by atoms with Crippen molar-refractivity contribution in [1.82, 2.24) is 4.98 Å². The predicted molar refractivity (Wildman–Crippen MR) is 42.5 cm³/mol. The molecule has 0 aliphatic rings. The molecule has 0 aromatic carbocycles. The van der Waals surface area contributed by atoms with Crippen LogP contribution in [0.3, 0.4) is 0 Å². The van der Waals surface area contributed by atoms with Crippen LogP contribution in [0.4, 0.5) is 32.0 Å². The molecule has 5 nitrogen and oxygen atoms in total. The summed E-state index contributed by atoms with van der Waals surface area (Å²) < 4.78 is 76.4. The number of alkyl halides is 5. The SMILES string of the molecule is O=[N+]([O-])c1c(F)cnc(C(F)F)c1OC(F)(F)F. The number of aromatic nitrogens is 1. The summed E-state index contributed by atoms with van der Waals surface area (Å²) in [4.78, 5) is 11.4. The van der Waals surface area contributed by atoms with Gasteiger partial charge in [0.2, 0.25) is 11.6 Å². The van der Waals surface area contributed by atoms with E-state index in [4.69, 9.17) is 0 Å². The van der Waals surface area contributed by atoms with Gasteiger partial charge in [0.25, 0.3) is 6.43 Å². The summed E-state index contributed by atoms with van der Waals surface area (Å²) in [5.74, 6) is -3.77. The second-order valence-corrected chi connectivity index (χ2v) is 2.77. The van der Waals surface area contributed by atoms with Gasteiger partial charge >= 0.3 is 12.0 Å². The molecule has 1 aromatic heterocycles. The van der Waals surface area contributed by atoms with E-state index in [1.165, 1.54) is 0 Å². The minimum atomic E-state index is -5.50. The van der Waals surface area contributed by atoms with Crippen molar-refractivity contribution < 1.29 is 36.0 Å². The molecule has 0 unspecified atom stereocenters. The first-order valence-electron chi connectivity index (χ1n) is 4.00. The van der Waals surface area contributed by atoms with Gasteiger partial charge in [-0.25, -0.2) is 13.8 Å². The Labute approximate surface area is 94.1 Å². The van der Waals surface area contributed by atoms with Gasteiger partial charge in [0.15, 0.2) is 5.69 Å². The molecule has 0 spiro atoms. The molecule has 11 heteroatoms. The van der Waals surface area contributed by atoms with Gasteiger partial charge in [-0.3, -0.25) is 10.1 Å². The van der Waals surface area contributed by atoms with Crippen LogP contribution in [0.1, 0.15) is 12.1 Å². The Morgan fingerprint density at radius 3 is 2.33 bits per heavy atom. The third kappa shape index (κ3) is 2.99. The van der Waals surface area contributed by atoms with E-state index in [2.05, 4.69) is 9.72 Å². The first kappa shape index (κ1) is 14.0. The maximum atomic E-state index is 12.9. The highest BCUT2D eigenvalue weighted by Crippen LogP contribution is 2.39. The number of nitro groups is 1. The van der Waals surface area contributed by atoms with E-state index in [0.717, 1.165) is 0 Å². The quantitative estimate of drug-likeness (QED) is 0.483. The summed E-state index contributed by atoms with van der Waals surface area (Å²) in [6.45, 7) is 0. The Morgan fingerprint density at radius 2 is 1.94 bits per heavy atom. The van der Waals surface area contributed by atoms with Gasteiger partial charge < -0.3 is 4.74 Å². The lowest BCUT2D eigenvalue weighted by Gasteiger charge is -2.12. The Hall–Kier alpha value is -2.07. The zero-order valence-corrected chi connectivity index (χ0v) is 8.04. The largest absolute Gasteiger partial charge is 0.573 e. The minimum absolute atomic E-state index is 0.0167. The lowest BCUT2D eigenvalue weighted by Crippen LogP contribution is -2.20. The summed E-state index contributed by atoms with van der Waals surface area (Å²) in [5, 5.41) is 10.3. The van der Waals surface area contributed by atoms with Gasteiger partial charge in [-0.2, -0.15) is 4.39 Å². The highest BCUT2D eigenvalue weighted by Gasteiger charge is 2.39. The summed E-state index contributed by atoms with van der Waals surface area (Å²) in [6.07, 6.45) is -9.08. The molecule has 1 heterocycles. The fraction of sp³-hybridized carbons (Fsp3) is 0.286. The maximum Gasteiger partial charge on any atom is 0.573 e. The van der Waals surface area contributed by atoms with Crippen LogP contribution in [0, 0.1) is 15.9 Å². The van der Waals surface area contributed by atoms with Crippen molar-refractivity contribution in [2.45, 2.75) is 12.8 Å². The number of halogens is 6. The predicted octanol–water partition coefficient (Wildman–Crippen LogP) is 2.97. The van der Waals surface area contributed by atoms with Crippen LogP contribution in [-0.4, -0.2) is 16.3 Å². The Bertz CT molecular complexity index is 475. The molecule has 0 amide bonds. The van der Waals surface area contributed by atoms with Crippen LogP contribution in [0.25, 0.3) is 0 Å². The zero-order chi connectivity index (χ0) is 14.1. The van der Waals surface area contributed by atoms with Crippen molar-refractivity contribution in [3.8, 4) is 5.75 Å². The standard InChI is InChI=1S/C7H2F6N2O3/c8-2-1-14-3(6(9)10)5(4(2)15(16)17)18-7(11,12)13/h1,6H. The van der Waals surface area contributed by atoms with E-state index in [0.29, 0.717) is 0 Å². The molecule has 0 atom stereocenters. The summed E-state index contributed by atoms with van der Waals surface area (Å²) in [7, 11) is 0. The van der Waals surface area contributed by atoms with Crippen molar-refractivity contribution in [2.75, 3.05) is 0 Å². The Kier molecular flexibility index (Phi) is 3.62. The van der Waals surface area contributed by atoms with Gasteiger partial charge in [-0.1, -0.05) is 0 Å². The van der Waals surface area contributed by atoms with Gasteiger partial charge in [0.05, 0.1) is 11.1 Å². The van der Waals surface area contributed by atoms with Gasteiger partial charge in [-0.05, 0) is 0 Å². The Morgan fingerprint density at radius 1 is 1.39 bits per heavy atom. The van der Waals surface area contributed by atoms with Gasteiger partial charge in [-0.15, -0.1) is 13.2 Å². The molecule has 0 saturated heterocycles. The van der Waals surface area contributed by atoms with Crippen LogP contribution in [0.2, 0.25) is 0 Å². The monoisotopic (exact) mass is 276 g/mol.